The Kier molecular flexibility index (Phi) is 8.71. The Balaban J connectivity index is 0.00000211. The average molecular weight is 299 g/mol. The second-order valence-electron chi connectivity index (χ2n) is 5.50. The molecule has 0 spiro atoms. The van der Waals surface area contributed by atoms with E-state index in [9.17, 15) is 14.4 Å². The quantitative estimate of drug-likeness (QED) is 0.525. The molecule has 5 heteroatoms. The lowest BCUT2D eigenvalue weighted by Gasteiger charge is -2.13. The number of likely N-dealkylation sites (tertiary alicyclic amines) is 1. The molecular formula is C16H30N2O3. The van der Waals surface area contributed by atoms with Gasteiger partial charge in [0.05, 0.1) is 0 Å². The minimum absolute atomic E-state index is 0.0488. The summed E-state index contributed by atoms with van der Waals surface area (Å²) in [5.41, 5.74) is 0. The number of carbonyl (C=O) groups is 3. The van der Waals surface area contributed by atoms with Gasteiger partial charge in [-0.05, 0) is 19.3 Å². The van der Waals surface area contributed by atoms with E-state index in [2.05, 4.69) is 12.2 Å². The van der Waals surface area contributed by atoms with E-state index in [1.165, 1.54) is 12.3 Å². The molecule has 0 aromatic heterocycles. The normalized spacial score (nSPS) is 18.1. The third-order valence-electron chi connectivity index (χ3n) is 3.61. The Hall–Kier alpha value is -1.39. The lowest BCUT2D eigenvalue weighted by Crippen LogP contribution is -2.31. The molecule has 1 aliphatic rings. The van der Waals surface area contributed by atoms with E-state index >= 15 is 0 Å². The van der Waals surface area contributed by atoms with Crippen LogP contribution in [0.25, 0.3) is 0 Å². The molecule has 3 amide bonds. The molecule has 0 aromatic carbocycles. The van der Waals surface area contributed by atoms with Gasteiger partial charge >= 0.3 is 0 Å². The van der Waals surface area contributed by atoms with Crippen LogP contribution in [-0.4, -0.2) is 35.7 Å². The highest BCUT2D eigenvalue weighted by atomic mass is 16.2. The Labute approximate surface area is 129 Å². The van der Waals surface area contributed by atoms with Crippen molar-refractivity contribution >= 4 is 17.7 Å². The fourth-order valence-corrected chi connectivity index (χ4v) is 2.31. The topological polar surface area (TPSA) is 66.5 Å². The van der Waals surface area contributed by atoms with E-state index < -0.39 is 0 Å². The van der Waals surface area contributed by atoms with Crippen molar-refractivity contribution in [2.45, 2.75) is 66.2 Å². The monoisotopic (exact) mass is 299 g/mol. The van der Waals surface area contributed by atoms with Gasteiger partial charge in [0.25, 0.3) is 0 Å². The van der Waals surface area contributed by atoms with Crippen molar-refractivity contribution in [2.24, 2.45) is 5.92 Å². The zero-order valence-electron chi connectivity index (χ0n) is 14.6. The zero-order chi connectivity index (χ0) is 17.0. The molecule has 1 saturated heterocycles. The number of rotatable bonds is 9. The lowest BCUT2D eigenvalue weighted by molar-refractivity contribution is -0.139. The summed E-state index contributed by atoms with van der Waals surface area (Å²) < 4.78 is 5.75. The predicted octanol–water partition coefficient (Wildman–Crippen LogP) is 2.49. The van der Waals surface area contributed by atoms with Gasteiger partial charge in [-0.25, -0.2) is 0 Å². The minimum atomic E-state index is -0.160. The molecule has 1 unspecified atom stereocenters. The number of nitrogens with one attached hydrogen (secondary N) is 1. The van der Waals surface area contributed by atoms with Gasteiger partial charge in [-0.15, -0.1) is 0 Å². The van der Waals surface area contributed by atoms with Crippen molar-refractivity contribution in [3.63, 3.8) is 0 Å². The highest BCUT2D eigenvalue weighted by Gasteiger charge is 2.34. The van der Waals surface area contributed by atoms with Gasteiger partial charge in [-0.2, -0.15) is 0 Å². The van der Waals surface area contributed by atoms with E-state index in [0.717, 1.165) is 38.6 Å². The fourth-order valence-electron chi connectivity index (χ4n) is 2.31. The first kappa shape index (κ1) is 17.7. The molecule has 1 aliphatic heterocycles. The third kappa shape index (κ3) is 6.74. The summed E-state index contributed by atoms with van der Waals surface area (Å²) in [7, 11) is 1.25. The van der Waals surface area contributed by atoms with Gasteiger partial charge in [0, 0.05) is 33.2 Å². The maximum absolute atomic E-state index is 11.7. The second kappa shape index (κ2) is 10.4. The van der Waals surface area contributed by atoms with Crippen LogP contribution in [0, 0.1) is 5.92 Å². The minimum Gasteiger partial charge on any atom is -0.356 e. The smallest absolute Gasteiger partial charge is 0.232 e. The first-order chi connectivity index (χ1) is 10.6. The fraction of sp³-hybridized carbons (Fsp3) is 0.812. The molecule has 1 N–H and O–H groups in total. The number of unbranched alkanes of at least 4 members (excludes halogenated alkanes) is 3. The van der Waals surface area contributed by atoms with Crippen LogP contribution in [0.2, 0.25) is 0 Å². The van der Waals surface area contributed by atoms with Crippen LogP contribution in [0.1, 0.15) is 67.6 Å². The van der Waals surface area contributed by atoms with Crippen LogP contribution in [0.3, 0.4) is 0 Å². The Morgan fingerprint density at radius 2 is 2.05 bits per heavy atom. The molecule has 0 aliphatic carbocycles. The van der Waals surface area contributed by atoms with Crippen LogP contribution >= 0.6 is 0 Å². The predicted molar refractivity (Wildman–Crippen MR) is 83.6 cm³/mol. The van der Waals surface area contributed by atoms with Gasteiger partial charge < -0.3 is 5.32 Å². The van der Waals surface area contributed by atoms with Gasteiger partial charge in [0.15, 0.2) is 0 Å². The first-order valence-corrected chi connectivity index (χ1v) is 7.67. The van der Waals surface area contributed by atoms with Gasteiger partial charge in [-0.1, -0.05) is 34.1 Å². The van der Waals surface area contributed by atoms with Crippen molar-refractivity contribution in [2.75, 3.05) is 13.1 Å². The van der Waals surface area contributed by atoms with Crippen molar-refractivity contribution in [1.82, 2.24) is 10.2 Å². The molecule has 1 fully saturated rings. The molecule has 1 rings (SSSR count). The molecule has 21 heavy (non-hydrogen) atoms. The standard InChI is InChI=1S/C15H26N2O3.CH4/c1-3-4-9-16-13(18)8-6-5-7-10-17-14(19)11-12(2)15(17)20;/h12H,3-11H2,1-2H3,(H,16,18);1H4/i;1D. The summed E-state index contributed by atoms with van der Waals surface area (Å²) in [6.45, 7) is 5.14. The van der Waals surface area contributed by atoms with Crippen LogP contribution in [0.4, 0.5) is 0 Å². The van der Waals surface area contributed by atoms with Crippen LogP contribution in [-0.2, 0) is 14.4 Å². The number of hydrogen-bond donors (Lipinski definition) is 1. The Morgan fingerprint density at radius 1 is 1.33 bits per heavy atom. The van der Waals surface area contributed by atoms with E-state index in [1.54, 1.807) is 6.92 Å². The highest BCUT2D eigenvalue weighted by Crippen LogP contribution is 2.19. The van der Waals surface area contributed by atoms with Gasteiger partial charge in [-0.3, -0.25) is 19.3 Å². The van der Waals surface area contributed by atoms with Crippen LogP contribution in [0.5, 0.6) is 0 Å². The summed E-state index contributed by atoms with van der Waals surface area (Å²) in [4.78, 5) is 36.1. The summed E-state index contributed by atoms with van der Waals surface area (Å²) in [5.74, 6) is -0.167. The number of nitrogens with zero attached hydrogens (tertiary/aromatic N) is 1. The number of imide groups is 1. The van der Waals surface area contributed by atoms with Gasteiger partial charge in [0.2, 0.25) is 17.7 Å². The van der Waals surface area contributed by atoms with Crippen molar-refractivity contribution in [3.8, 4) is 0 Å². The molecule has 1 atom stereocenters. The largest absolute Gasteiger partial charge is 0.356 e. The van der Waals surface area contributed by atoms with E-state index in [4.69, 9.17) is 1.37 Å². The SMILES string of the molecule is CCCCNC(=O)CCCCCN1C(=O)CC(C)C1=O.[2H]C. The first-order valence-electron chi connectivity index (χ1n) is 8.67. The third-order valence-corrected chi connectivity index (χ3v) is 3.61. The Bertz CT molecular complexity index is 361. The number of amides is 3. The van der Waals surface area contributed by atoms with Crippen molar-refractivity contribution in [3.05, 3.63) is 0 Å². The Morgan fingerprint density at radius 3 is 2.62 bits per heavy atom. The number of carbonyl (C=O) groups excluding carboxylic acids is 3. The maximum Gasteiger partial charge on any atom is 0.232 e. The molecule has 5 nitrogen and oxygen atoms in total. The van der Waals surface area contributed by atoms with Crippen LogP contribution in [0.15, 0.2) is 0 Å². The summed E-state index contributed by atoms with van der Waals surface area (Å²) in [6, 6.07) is 0. The van der Waals surface area contributed by atoms with E-state index in [0.29, 0.717) is 19.4 Å². The summed E-state index contributed by atoms with van der Waals surface area (Å²) in [6.07, 6.45) is 5.43. The highest BCUT2D eigenvalue weighted by molar-refractivity contribution is 6.03. The summed E-state index contributed by atoms with van der Waals surface area (Å²) in [5, 5.41) is 2.88. The number of hydrogen-bond acceptors (Lipinski definition) is 3. The van der Waals surface area contributed by atoms with Crippen molar-refractivity contribution < 1.29 is 15.8 Å². The van der Waals surface area contributed by atoms with Gasteiger partial charge in [0.1, 0.15) is 0 Å². The molecule has 0 bridgehead atoms. The van der Waals surface area contributed by atoms with E-state index in [1.807, 2.05) is 0 Å². The summed E-state index contributed by atoms with van der Waals surface area (Å²) >= 11 is 0. The van der Waals surface area contributed by atoms with Crippen molar-refractivity contribution in [1.29, 1.82) is 0 Å². The van der Waals surface area contributed by atoms with E-state index in [-0.39, 0.29) is 23.6 Å². The molecular weight excluding hydrogens is 268 g/mol. The van der Waals surface area contributed by atoms with Crippen LogP contribution < -0.4 is 5.32 Å². The molecule has 0 aromatic rings. The molecule has 1 heterocycles. The zero-order valence-corrected chi connectivity index (χ0v) is 13.6. The lowest BCUT2D eigenvalue weighted by atomic mass is 10.1. The molecule has 0 saturated carbocycles. The molecule has 122 valence electrons. The maximum atomic E-state index is 11.7. The molecule has 0 radical (unpaired) electrons. The second-order valence-corrected chi connectivity index (χ2v) is 5.50. The average Bonchev–Trinajstić information content (AvgIpc) is 2.75.